The molecule has 35 heavy (non-hydrogen) atoms. The van der Waals surface area contributed by atoms with Crippen molar-refractivity contribution >= 4 is 11.8 Å². The van der Waals surface area contributed by atoms with Gasteiger partial charge in [0, 0.05) is 12.0 Å². The molecule has 0 radical (unpaired) electrons. The summed E-state index contributed by atoms with van der Waals surface area (Å²) in [7, 11) is 3.42. The van der Waals surface area contributed by atoms with Gasteiger partial charge in [-0.2, -0.15) is 0 Å². The molecule has 0 aliphatic rings. The first kappa shape index (κ1) is 38.2. The van der Waals surface area contributed by atoms with Crippen LogP contribution in [0.2, 0.25) is 0 Å². The maximum absolute atomic E-state index is 10.8. The van der Waals surface area contributed by atoms with Crippen molar-refractivity contribution in [2.45, 2.75) is 66.2 Å². The van der Waals surface area contributed by atoms with Crippen LogP contribution < -0.4 is 22.0 Å². The minimum absolute atomic E-state index is 0.112. The summed E-state index contributed by atoms with van der Waals surface area (Å²) in [5.41, 5.74) is 0.387. The standard InChI is InChI=1S/C17H30IO3.C9H14O3.C2H6/c1-6-15(9-11-19-4)13-17(8-3)14-16(7-2)10-12-21-18-20-5;1-7(2)9(11)12-6-4-5-8(3)10;1-2/h6-8,15-17H,1-3,9-14H2,4-5H3;1,4-6H2,2-3H3;1-2H3/q-1;;. The van der Waals surface area contributed by atoms with Crippen LogP contribution in [0.15, 0.2) is 50.1 Å². The molecule has 206 valence electrons. The summed E-state index contributed by atoms with van der Waals surface area (Å²) in [5.74, 6) is 1.14. The van der Waals surface area contributed by atoms with Crippen LogP contribution in [0.4, 0.5) is 0 Å². The molecule has 3 unspecified atom stereocenters. The second kappa shape index (κ2) is 28.9. The van der Waals surface area contributed by atoms with Crippen LogP contribution in [0.3, 0.4) is 0 Å². The molecule has 0 amide bonds. The third-order valence-electron chi connectivity index (χ3n) is 4.83. The van der Waals surface area contributed by atoms with Gasteiger partial charge in [-0.3, -0.25) is 0 Å². The molecule has 0 aromatic carbocycles. The third kappa shape index (κ3) is 27.1. The van der Waals surface area contributed by atoms with Crippen molar-refractivity contribution in [2.75, 3.05) is 34.0 Å². The number of halogens is 1. The molecule has 0 saturated carbocycles. The van der Waals surface area contributed by atoms with Crippen LogP contribution in [0.1, 0.15) is 66.2 Å². The van der Waals surface area contributed by atoms with Gasteiger partial charge < -0.3 is 9.53 Å². The number of hydrogen-bond donors (Lipinski definition) is 0. The van der Waals surface area contributed by atoms with Crippen LogP contribution in [-0.2, 0) is 25.2 Å². The number of ether oxygens (including phenoxy) is 2. The number of carbonyl (C=O) groups excluding carboxylic acids is 2. The Balaban J connectivity index is -0.000000620. The maximum Gasteiger partial charge on any atom is -0.0683 e. The van der Waals surface area contributed by atoms with E-state index in [4.69, 9.17) is 15.6 Å². The van der Waals surface area contributed by atoms with Crippen molar-refractivity contribution in [1.82, 2.24) is 0 Å². The van der Waals surface area contributed by atoms with Crippen LogP contribution in [0.5, 0.6) is 0 Å². The van der Waals surface area contributed by atoms with Crippen molar-refractivity contribution < 1.29 is 47.2 Å². The van der Waals surface area contributed by atoms with E-state index in [9.17, 15) is 9.59 Å². The molecule has 0 bridgehead atoms. The van der Waals surface area contributed by atoms with E-state index in [1.54, 1.807) is 21.1 Å². The van der Waals surface area contributed by atoms with Gasteiger partial charge in [-0.1, -0.05) is 20.4 Å². The number of methoxy groups -OCH3 is 1. The number of Topliss-reactive ketones (excluding diaryl/α,β-unsaturated/α-hetero) is 1. The average Bonchev–Trinajstić information content (AvgIpc) is 2.86. The van der Waals surface area contributed by atoms with E-state index in [2.05, 4.69) is 32.4 Å². The quantitative estimate of drug-likeness (QED) is 0.0690. The smallest absolute Gasteiger partial charge is 0.0683 e. The molecule has 0 rings (SSSR count). The normalized spacial score (nSPS) is 12.5. The molecule has 0 N–H and O–H groups in total. The zero-order valence-corrected chi connectivity index (χ0v) is 25.1. The summed E-state index contributed by atoms with van der Waals surface area (Å²) in [4.78, 5) is 21.2. The summed E-state index contributed by atoms with van der Waals surface area (Å²) < 4.78 is 20.4. The van der Waals surface area contributed by atoms with Crippen LogP contribution in [-0.4, -0.2) is 45.8 Å². The predicted octanol–water partition coefficient (Wildman–Crippen LogP) is 3.68. The van der Waals surface area contributed by atoms with Gasteiger partial charge in [0.1, 0.15) is 5.78 Å². The van der Waals surface area contributed by atoms with Gasteiger partial charge >= 0.3 is 148 Å². The van der Waals surface area contributed by atoms with Crippen molar-refractivity contribution in [2.24, 2.45) is 17.8 Å². The van der Waals surface area contributed by atoms with Crippen LogP contribution in [0.25, 0.3) is 0 Å². The predicted molar refractivity (Wildman–Crippen MR) is 141 cm³/mol. The number of rotatable bonds is 20. The molecule has 7 heteroatoms. The summed E-state index contributed by atoms with van der Waals surface area (Å²) in [6, 6.07) is 0. The van der Waals surface area contributed by atoms with E-state index in [0.29, 0.717) is 42.8 Å². The van der Waals surface area contributed by atoms with Crippen LogP contribution >= 0.6 is 0 Å². The Bertz CT molecular complexity index is 576. The average molecular weight is 610 g/mol. The van der Waals surface area contributed by atoms with Crippen molar-refractivity contribution in [1.29, 1.82) is 0 Å². The topological polar surface area (TPSA) is 71.1 Å². The molecule has 0 aromatic rings. The largest absolute Gasteiger partial charge is 0.0683 e. The fourth-order valence-electron chi connectivity index (χ4n) is 2.88. The van der Waals surface area contributed by atoms with Gasteiger partial charge in [0.25, 0.3) is 0 Å². The maximum atomic E-state index is 10.8. The molecular weight excluding hydrogens is 559 g/mol. The molecular formula is C28H50IO6-. The molecule has 0 fully saturated rings. The fraction of sp³-hybridized carbons (Fsp3) is 0.643. The molecule has 0 aliphatic heterocycles. The number of carbonyl (C=O) groups is 2. The molecule has 0 spiro atoms. The Morgan fingerprint density at radius 1 is 0.857 bits per heavy atom. The fourth-order valence-corrected chi connectivity index (χ4v) is 3.57. The Labute approximate surface area is 226 Å². The zero-order valence-electron chi connectivity index (χ0n) is 23.0. The van der Waals surface area contributed by atoms with Crippen molar-refractivity contribution in [3.05, 3.63) is 50.1 Å². The first-order chi connectivity index (χ1) is 16.7. The summed E-state index contributed by atoms with van der Waals surface area (Å²) in [5, 5.41) is 0. The Morgan fingerprint density at radius 3 is 1.77 bits per heavy atom. The summed E-state index contributed by atoms with van der Waals surface area (Å²) in [6.07, 6.45) is 11.3. The summed E-state index contributed by atoms with van der Waals surface area (Å²) in [6.45, 7) is 24.2. The molecule has 0 heterocycles. The number of allylic oxidation sites excluding steroid dienone is 3. The first-order valence-electron chi connectivity index (χ1n) is 12.2. The van der Waals surface area contributed by atoms with E-state index in [0.717, 1.165) is 38.9 Å². The number of ketones is 1. The van der Waals surface area contributed by atoms with Gasteiger partial charge in [0.05, 0.1) is 6.61 Å². The van der Waals surface area contributed by atoms with Gasteiger partial charge in [-0.25, -0.2) is 4.79 Å². The SMILES string of the molecule is C=C(C)C(=O)OCCCC(C)=O.C=CC(CCOC)CC(C=C)CC(C=C)CCO[I-]OC.CC. The molecule has 3 atom stereocenters. The monoisotopic (exact) mass is 609 g/mol. The van der Waals surface area contributed by atoms with E-state index in [-0.39, 0.29) is 5.78 Å². The molecule has 0 aromatic heterocycles. The van der Waals surface area contributed by atoms with Gasteiger partial charge in [-0.15, -0.1) is 0 Å². The van der Waals surface area contributed by atoms with E-state index in [1.807, 2.05) is 26.0 Å². The molecule has 0 aliphatic carbocycles. The first-order valence-corrected chi connectivity index (χ1v) is 14.0. The third-order valence-corrected chi connectivity index (χ3v) is 5.89. The number of hydrogen-bond acceptors (Lipinski definition) is 6. The van der Waals surface area contributed by atoms with Crippen molar-refractivity contribution in [3.8, 4) is 0 Å². The van der Waals surface area contributed by atoms with Gasteiger partial charge in [-0.05, 0) is 20.3 Å². The minimum Gasteiger partial charge on any atom is -0.0683 e. The molecule has 0 saturated heterocycles. The minimum atomic E-state index is -0.540. The second-order valence-corrected chi connectivity index (χ2v) is 9.64. The Hall–Kier alpha value is -1.29. The van der Waals surface area contributed by atoms with Gasteiger partial charge in [0.2, 0.25) is 0 Å². The van der Waals surface area contributed by atoms with E-state index < -0.39 is 28.0 Å². The summed E-state index contributed by atoms with van der Waals surface area (Å²) >= 11 is -0.540. The van der Waals surface area contributed by atoms with Gasteiger partial charge in [0.15, 0.2) is 0 Å². The van der Waals surface area contributed by atoms with E-state index >= 15 is 0 Å². The van der Waals surface area contributed by atoms with Crippen LogP contribution in [0, 0.1) is 17.8 Å². The van der Waals surface area contributed by atoms with E-state index in [1.165, 1.54) is 6.92 Å². The Morgan fingerprint density at radius 2 is 1.37 bits per heavy atom. The molecule has 6 nitrogen and oxygen atoms in total. The number of esters is 1. The second-order valence-electron chi connectivity index (χ2n) is 7.78. The Kier molecular flexibility index (Phi) is 31.6. The van der Waals surface area contributed by atoms with Crippen molar-refractivity contribution in [3.63, 3.8) is 0 Å². The zero-order chi connectivity index (χ0) is 27.5.